The normalized spacial score (nSPS) is 11.0. The average molecular weight is 457 g/mol. The quantitative estimate of drug-likeness (QED) is 0.158. The van der Waals surface area contributed by atoms with E-state index in [1.807, 2.05) is 42.5 Å². The largest absolute Gasteiger partial charge is 0.490 e. The summed E-state index contributed by atoms with van der Waals surface area (Å²) in [5.74, 6) is 2.99. The van der Waals surface area contributed by atoms with Gasteiger partial charge in [-0.3, -0.25) is 4.79 Å². The van der Waals surface area contributed by atoms with E-state index in [9.17, 15) is 4.79 Å². The van der Waals surface area contributed by atoms with Crippen LogP contribution in [0.25, 0.3) is 6.08 Å². The highest BCUT2D eigenvalue weighted by molar-refractivity contribution is 7.99. The number of carbonyl (C=O) groups excluding carboxylic acids is 1. The number of ketones is 1. The Morgan fingerprint density at radius 2 is 1.38 bits per heavy atom. The van der Waals surface area contributed by atoms with E-state index >= 15 is 0 Å². The Kier molecular flexibility index (Phi) is 11.8. The molecule has 0 aliphatic heterocycles. The summed E-state index contributed by atoms with van der Waals surface area (Å²) in [6, 6.07) is 11.6. The van der Waals surface area contributed by atoms with Crippen LogP contribution < -0.4 is 14.2 Å². The molecule has 0 fully saturated rings. The van der Waals surface area contributed by atoms with E-state index in [1.54, 1.807) is 17.8 Å². The van der Waals surface area contributed by atoms with Crippen molar-refractivity contribution in [2.24, 2.45) is 0 Å². The molecule has 0 unspecified atom stereocenters. The van der Waals surface area contributed by atoms with E-state index in [4.69, 9.17) is 14.2 Å². The first-order valence-electron chi connectivity index (χ1n) is 11.6. The standard InChI is InChI=1S/C27H36O4S/c1-5-15-29-25-19-21(20-26(30-16-6-2)27(25)31-17-7-3)9-14-24(28)22-10-12-23(13-11-22)32-18-8-4/h9-14,19-20H,5-8,15-18H2,1-4H3. The molecule has 0 aromatic heterocycles. The molecule has 2 aromatic rings. The van der Waals surface area contributed by atoms with E-state index in [1.165, 1.54) is 4.90 Å². The Hall–Kier alpha value is -2.40. The van der Waals surface area contributed by atoms with Gasteiger partial charge in [0.25, 0.3) is 0 Å². The Balaban J connectivity index is 2.25. The molecule has 0 aliphatic rings. The van der Waals surface area contributed by atoms with Crippen LogP contribution in [-0.2, 0) is 0 Å². The van der Waals surface area contributed by atoms with Gasteiger partial charge in [0.2, 0.25) is 5.75 Å². The highest BCUT2D eigenvalue weighted by atomic mass is 32.2. The summed E-state index contributed by atoms with van der Waals surface area (Å²) >= 11 is 1.80. The minimum absolute atomic E-state index is 0.0320. The minimum atomic E-state index is -0.0320. The second-order valence-electron chi connectivity index (χ2n) is 7.46. The minimum Gasteiger partial charge on any atom is -0.490 e. The predicted molar refractivity (Wildman–Crippen MR) is 135 cm³/mol. The zero-order valence-corrected chi connectivity index (χ0v) is 20.6. The molecule has 5 heteroatoms. The molecular formula is C27H36O4S. The van der Waals surface area contributed by atoms with Crippen LogP contribution in [0, 0.1) is 0 Å². The van der Waals surface area contributed by atoms with Crippen molar-refractivity contribution in [1.82, 2.24) is 0 Å². The first-order chi connectivity index (χ1) is 15.6. The fraction of sp³-hybridized carbons (Fsp3) is 0.444. The summed E-state index contributed by atoms with van der Waals surface area (Å²) in [6.45, 7) is 10.1. The van der Waals surface area contributed by atoms with Crippen molar-refractivity contribution in [1.29, 1.82) is 0 Å². The second kappa shape index (κ2) is 14.6. The SMILES string of the molecule is CCCOc1cc(C=CC(=O)c2ccc(SCCC)cc2)cc(OCCC)c1OCCC. The number of benzene rings is 2. The van der Waals surface area contributed by atoms with Crippen LogP contribution >= 0.6 is 11.8 Å². The molecule has 0 spiro atoms. The van der Waals surface area contributed by atoms with Crippen molar-refractivity contribution in [2.75, 3.05) is 25.6 Å². The number of allylic oxidation sites excluding steroid dienone is 1. The maximum atomic E-state index is 12.7. The molecule has 2 rings (SSSR count). The van der Waals surface area contributed by atoms with Crippen LogP contribution in [0.15, 0.2) is 47.4 Å². The highest BCUT2D eigenvalue weighted by Gasteiger charge is 2.15. The van der Waals surface area contributed by atoms with Gasteiger partial charge < -0.3 is 14.2 Å². The number of thioether (sulfide) groups is 1. The summed E-state index contributed by atoms with van der Waals surface area (Å²) in [5.41, 5.74) is 1.52. The van der Waals surface area contributed by atoms with Crippen LogP contribution in [0.5, 0.6) is 17.2 Å². The Morgan fingerprint density at radius 1 is 0.812 bits per heavy atom. The molecule has 0 amide bonds. The maximum absolute atomic E-state index is 12.7. The van der Waals surface area contributed by atoms with Crippen molar-refractivity contribution in [3.8, 4) is 17.2 Å². The fourth-order valence-corrected chi connectivity index (χ4v) is 3.65. The lowest BCUT2D eigenvalue weighted by atomic mass is 10.1. The predicted octanol–water partition coefficient (Wildman–Crippen LogP) is 7.45. The summed E-state index contributed by atoms with van der Waals surface area (Å²) in [5, 5.41) is 0. The van der Waals surface area contributed by atoms with Gasteiger partial charge in [0.1, 0.15) is 0 Å². The van der Waals surface area contributed by atoms with Crippen molar-refractivity contribution in [3.63, 3.8) is 0 Å². The smallest absolute Gasteiger partial charge is 0.203 e. The molecular weight excluding hydrogens is 420 g/mol. The lowest BCUT2D eigenvalue weighted by molar-refractivity contribution is 0.104. The molecule has 0 heterocycles. The molecule has 174 valence electrons. The van der Waals surface area contributed by atoms with Gasteiger partial charge >= 0.3 is 0 Å². The molecule has 0 atom stereocenters. The van der Waals surface area contributed by atoms with Gasteiger partial charge in [-0.05, 0) is 79.5 Å². The van der Waals surface area contributed by atoms with Gasteiger partial charge in [0.05, 0.1) is 19.8 Å². The third-order valence-electron chi connectivity index (χ3n) is 4.46. The molecule has 0 bridgehead atoms. The monoisotopic (exact) mass is 456 g/mol. The first-order valence-corrected chi connectivity index (χ1v) is 12.6. The summed E-state index contributed by atoms with van der Waals surface area (Å²) < 4.78 is 17.9. The number of carbonyl (C=O) groups is 1. The molecule has 0 N–H and O–H groups in total. The van der Waals surface area contributed by atoms with Crippen molar-refractivity contribution >= 4 is 23.6 Å². The van der Waals surface area contributed by atoms with E-state index in [-0.39, 0.29) is 5.78 Å². The summed E-state index contributed by atoms with van der Waals surface area (Å²) in [7, 11) is 0. The van der Waals surface area contributed by atoms with Crippen molar-refractivity contribution < 1.29 is 19.0 Å². The summed E-state index contributed by atoms with van der Waals surface area (Å²) in [4.78, 5) is 13.9. The molecule has 0 saturated heterocycles. The topological polar surface area (TPSA) is 44.8 Å². The molecule has 0 radical (unpaired) electrons. The second-order valence-corrected chi connectivity index (χ2v) is 8.63. The van der Waals surface area contributed by atoms with Gasteiger partial charge in [-0.1, -0.05) is 33.8 Å². The van der Waals surface area contributed by atoms with Gasteiger partial charge in [0.15, 0.2) is 17.3 Å². The number of hydrogen-bond acceptors (Lipinski definition) is 5. The Bertz CT molecular complexity index is 829. The lowest BCUT2D eigenvalue weighted by Crippen LogP contribution is -2.05. The average Bonchev–Trinajstić information content (AvgIpc) is 2.82. The van der Waals surface area contributed by atoms with E-state index in [2.05, 4.69) is 27.7 Å². The molecule has 32 heavy (non-hydrogen) atoms. The van der Waals surface area contributed by atoms with Gasteiger partial charge in [-0.25, -0.2) is 0 Å². The van der Waals surface area contributed by atoms with Crippen LogP contribution in [0.2, 0.25) is 0 Å². The molecule has 0 aliphatic carbocycles. The lowest BCUT2D eigenvalue weighted by Gasteiger charge is -2.17. The molecule has 2 aromatic carbocycles. The highest BCUT2D eigenvalue weighted by Crippen LogP contribution is 2.39. The van der Waals surface area contributed by atoms with Crippen molar-refractivity contribution in [2.45, 2.75) is 58.3 Å². The summed E-state index contributed by atoms with van der Waals surface area (Å²) in [6.07, 6.45) is 7.22. The zero-order valence-electron chi connectivity index (χ0n) is 19.8. The van der Waals surface area contributed by atoms with E-state index in [0.717, 1.165) is 37.0 Å². The first kappa shape index (κ1) is 25.9. The van der Waals surface area contributed by atoms with Crippen LogP contribution in [0.3, 0.4) is 0 Å². The van der Waals surface area contributed by atoms with Crippen LogP contribution in [0.1, 0.15) is 69.3 Å². The van der Waals surface area contributed by atoms with Gasteiger partial charge in [-0.2, -0.15) is 0 Å². The number of hydrogen-bond donors (Lipinski definition) is 0. The van der Waals surface area contributed by atoms with Gasteiger partial charge in [0, 0.05) is 10.5 Å². The van der Waals surface area contributed by atoms with E-state index < -0.39 is 0 Å². The van der Waals surface area contributed by atoms with Crippen LogP contribution in [-0.4, -0.2) is 31.4 Å². The number of rotatable bonds is 15. The maximum Gasteiger partial charge on any atom is 0.203 e. The van der Waals surface area contributed by atoms with Gasteiger partial charge in [-0.15, -0.1) is 11.8 Å². The van der Waals surface area contributed by atoms with E-state index in [0.29, 0.717) is 42.6 Å². The zero-order chi connectivity index (χ0) is 23.2. The Labute approximate surface area is 197 Å². The third-order valence-corrected chi connectivity index (χ3v) is 5.67. The fourth-order valence-electron chi connectivity index (χ4n) is 2.88. The molecule has 4 nitrogen and oxygen atoms in total. The number of ether oxygens (including phenoxy) is 3. The van der Waals surface area contributed by atoms with Crippen molar-refractivity contribution in [3.05, 3.63) is 53.6 Å². The third kappa shape index (κ3) is 8.27. The van der Waals surface area contributed by atoms with Crippen LogP contribution in [0.4, 0.5) is 0 Å². The Morgan fingerprint density at radius 3 is 1.91 bits per heavy atom. The molecule has 0 saturated carbocycles.